The predicted octanol–water partition coefficient (Wildman–Crippen LogP) is 2.14. The van der Waals surface area contributed by atoms with Gasteiger partial charge in [0.2, 0.25) is 10.0 Å². The van der Waals surface area contributed by atoms with Crippen molar-refractivity contribution in [3.63, 3.8) is 0 Å². The van der Waals surface area contributed by atoms with Crippen molar-refractivity contribution in [2.45, 2.75) is 17.2 Å². The Morgan fingerprint density at radius 3 is 2.79 bits per heavy atom. The van der Waals surface area contributed by atoms with Crippen LogP contribution in [0.25, 0.3) is 0 Å². The number of aliphatic imine (C=N–C) groups is 1. The summed E-state index contributed by atoms with van der Waals surface area (Å²) in [5.74, 6) is 1.26. The van der Waals surface area contributed by atoms with Crippen LogP contribution in [0.3, 0.4) is 0 Å². The number of rotatable bonds is 9. The molecule has 9 heteroatoms. The molecule has 0 radical (unpaired) electrons. The summed E-state index contributed by atoms with van der Waals surface area (Å²) in [5, 5.41) is 5.00. The van der Waals surface area contributed by atoms with Gasteiger partial charge in [0.05, 0.1) is 13.2 Å². The Balaban J connectivity index is 1.36. The van der Waals surface area contributed by atoms with Crippen molar-refractivity contribution in [1.82, 2.24) is 14.9 Å². The molecule has 29 heavy (non-hydrogen) atoms. The molecular formula is C20H28N4O3S2. The lowest BCUT2D eigenvalue weighted by Gasteiger charge is -2.21. The highest BCUT2D eigenvalue weighted by molar-refractivity contribution is 7.91. The Bertz CT molecular complexity index is 870. The van der Waals surface area contributed by atoms with E-state index >= 15 is 0 Å². The number of nitrogens with one attached hydrogen (secondary N) is 2. The van der Waals surface area contributed by atoms with Crippen LogP contribution >= 0.6 is 11.3 Å². The molecule has 3 rings (SSSR count). The predicted molar refractivity (Wildman–Crippen MR) is 117 cm³/mol. The van der Waals surface area contributed by atoms with Gasteiger partial charge in [-0.15, -0.1) is 11.3 Å². The maximum Gasteiger partial charge on any atom is 0.250 e. The van der Waals surface area contributed by atoms with Crippen molar-refractivity contribution in [3.05, 3.63) is 53.4 Å². The van der Waals surface area contributed by atoms with E-state index in [2.05, 4.69) is 32.1 Å². The maximum absolute atomic E-state index is 12.1. The topological polar surface area (TPSA) is 83.0 Å². The molecule has 1 atom stereocenters. The Kier molecular flexibility index (Phi) is 8.05. The number of likely N-dealkylation sites (tertiary alicyclic amines) is 1. The van der Waals surface area contributed by atoms with Crippen molar-refractivity contribution in [2.24, 2.45) is 10.9 Å². The molecule has 2 heterocycles. The van der Waals surface area contributed by atoms with Crippen molar-refractivity contribution in [2.75, 3.05) is 39.8 Å². The molecule has 7 nitrogen and oxygen atoms in total. The van der Waals surface area contributed by atoms with Crippen LogP contribution in [0.2, 0.25) is 0 Å². The van der Waals surface area contributed by atoms with E-state index in [1.54, 1.807) is 24.6 Å². The summed E-state index contributed by atoms with van der Waals surface area (Å²) in [5.41, 5.74) is 1.19. The molecule has 1 unspecified atom stereocenters. The molecule has 0 spiro atoms. The minimum atomic E-state index is -3.42. The first-order valence-electron chi connectivity index (χ1n) is 9.69. The Morgan fingerprint density at radius 1 is 1.24 bits per heavy atom. The van der Waals surface area contributed by atoms with E-state index in [-0.39, 0.29) is 0 Å². The van der Waals surface area contributed by atoms with Crippen LogP contribution in [0.4, 0.5) is 0 Å². The molecule has 1 aliphatic heterocycles. The molecular weight excluding hydrogens is 408 g/mol. The highest BCUT2D eigenvalue weighted by atomic mass is 32.2. The van der Waals surface area contributed by atoms with Gasteiger partial charge < -0.3 is 15.0 Å². The second-order valence-electron chi connectivity index (χ2n) is 6.91. The average Bonchev–Trinajstić information content (AvgIpc) is 3.42. The van der Waals surface area contributed by atoms with Gasteiger partial charge in [-0.05, 0) is 23.4 Å². The fourth-order valence-corrected chi connectivity index (χ4v) is 5.33. The number of guanidine groups is 1. The molecule has 1 aromatic heterocycles. The maximum atomic E-state index is 12.1. The van der Waals surface area contributed by atoms with Gasteiger partial charge in [-0.25, -0.2) is 13.1 Å². The van der Waals surface area contributed by atoms with Gasteiger partial charge in [0.15, 0.2) is 5.96 Å². The van der Waals surface area contributed by atoms with Crippen LogP contribution in [0.1, 0.15) is 12.0 Å². The van der Waals surface area contributed by atoms with E-state index in [4.69, 9.17) is 4.74 Å². The van der Waals surface area contributed by atoms with E-state index in [9.17, 15) is 8.42 Å². The van der Waals surface area contributed by atoms with Crippen LogP contribution in [0.15, 0.2) is 57.0 Å². The molecule has 1 fully saturated rings. The third kappa shape index (κ3) is 6.53. The van der Waals surface area contributed by atoms with Crippen LogP contribution < -0.4 is 10.0 Å². The van der Waals surface area contributed by atoms with E-state index in [0.717, 1.165) is 32.1 Å². The van der Waals surface area contributed by atoms with Crippen LogP contribution in [0.5, 0.6) is 0 Å². The fourth-order valence-electron chi connectivity index (χ4n) is 3.26. The number of hydrogen-bond acceptors (Lipinski definition) is 5. The van der Waals surface area contributed by atoms with Crippen molar-refractivity contribution < 1.29 is 13.2 Å². The summed E-state index contributed by atoms with van der Waals surface area (Å²) in [6.45, 7) is 3.94. The van der Waals surface area contributed by atoms with E-state index < -0.39 is 10.0 Å². The normalized spacial score (nSPS) is 17.6. The summed E-state index contributed by atoms with van der Waals surface area (Å²) in [4.78, 5) is 6.53. The first kappa shape index (κ1) is 21.8. The van der Waals surface area contributed by atoms with Gasteiger partial charge in [0.25, 0.3) is 0 Å². The summed E-state index contributed by atoms with van der Waals surface area (Å²) in [6.07, 6.45) is 1.06. The molecule has 1 aliphatic rings. The van der Waals surface area contributed by atoms with Crippen LogP contribution in [-0.2, 0) is 21.4 Å². The van der Waals surface area contributed by atoms with Crippen LogP contribution in [0, 0.1) is 5.92 Å². The SMILES string of the molecule is CN=C(NCCNS(=O)(=O)c1cccs1)N1CCC(COCc2ccccc2)C1. The third-order valence-corrected chi connectivity index (χ3v) is 7.58. The lowest BCUT2D eigenvalue weighted by molar-refractivity contribution is 0.0907. The summed E-state index contributed by atoms with van der Waals surface area (Å²) >= 11 is 1.21. The number of thiophene rings is 1. The minimum absolute atomic E-state index is 0.302. The molecule has 0 saturated carbocycles. The van der Waals surface area contributed by atoms with Gasteiger partial charge in [-0.1, -0.05) is 36.4 Å². The van der Waals surface area contributed by atoms with Gasteiger partial charge >= 0.3 is 0 Å². The minimum Gasteiger partial charge on any atom is -0.376 e. The number of hydrogen-bond donors (Lipinski definition) is 2. The first-order valence-corrected chi connectivity index (χ1v) is 12.0. The Hall–Kier alpha value is -1.94. The number of benzene rings is 1. The molecule has 2 N–H and O–H groups in total. The molecule has 0 aliphatic carbocycles. The zero-order chi connectivity index (χ0) is 20.5. The molecule has 0 bridgehead atoms. The standard InChI is InChI=1S/C20H28N4O3S2/c1-21-20(22-10-11-23-29(25,26)19-8-5-13-28-19)24-12-9-18(14-24)16-27-15-17-6-3-2-4-7-17/h2-8,13,18,23H,9-12,14-16H2,1H3,(H,21,22). The van der Waals surface area contributed by atoms with Crippen molar-refractivity contribution in [3.8, 4) is 0 Å². The summed E-state index contributed by atoms with van der Waals surface area (Å²) in [6, 6.07) is 13.5. The lowest BCUT2D eigenvalue weighted by atomic mass is 10.1. The number of ether oxygens (including phenoxy) is 1. The lowest BCUT2D eigenvalue weighted by Crippen LogP contribution is -2.43. The first-order chi connectivity index (χ1) is 14.1. The summed E-state index contributed by atoms with van der Waals surface area (Å²) in [7, 11) is -1.68. The summed E-state index contributed by atoms with van der Waals surface area (Å²) < 4.78 is 33.1. The van der Waals surface area contributed by atoms with E-state index in [1.165, 1.54) is 16.9 Å². The zero-order valence-electron chi connectivity index (χ0n) is 16.6. The second kappa shape index (κ2) is 10.7. The number of nitrogens with zero attached hydrogens (tertiary/aromatic N) is 2. The quantitative estimate of drug-likeness (QED) is 0.358. The second-order valence-corrected chi connectivity index (χ2v) is 9.85. The average molecular weight is 437 g/mol. The molecule has 158 valence electrons. The van der Waals surface area contributed by atoms with Gasteiger partial charge in [-0.3, -0.25) is 4.99 Å². The Labute approximate surface area is 176 Å². The highest BCUT2D eigenvalue weighted by Gasteiger charge is 2.25. The Morgan fingerprint density at radius 2 is 2.07 bits per heavy atom. The molecule has 2 aromatic rings. The largest absolute Gasteiger partial charge is 0.376 e. The van der Waals surface area contributed by atoms with Crippen molar-refractivity contribution >= 4 is 27.3 Å². The zero-order valence-corrected chi connectivity index (χ0v) is 18.2. The van der Waals surface area contributed by atoms with Gasteiger partial charge in [0.1, 0.15) is 4.21 Å². The van der Waals surface area contributed by atoms with E-state index in [0.29, 0.717) is 29.8 Å². The van der Waals surface area contributed by atoms with E-state index in [1.807, 2.05) is 18.2 Å². The molecule has 1 aromatic carbocycles. The fraction of sp³-hybridized carbons (Fsp3) is 0.450. The van der Waals surface area contributed by atoms with Crippen molar-refractivity contribution in [1.29, 1.82) is 0 Å². The molecule has 0 amide bonds. The molecule has 1 saturated heterocycles. The van der Waals surface area contributed by atoms with Gasteiger partial charge in [0, 0.05) is 39.1 Å². The number of sulfonamides is 1. The third-order valence-electron chi connectivity index (χ3n) is 4.72. The van der Waals surface area contributed by atoms with Gasteiger partial charge in [-0.2, -0.15) is 0 Å². The van der Waals surface area contributed by atoms with Crippen LogP contribution in [-0.4, -0.2) is 59.1 Å². The monoisotopic (exact) mass is 436 g/mol. The highest BCUT2D eigenvalue weighted by Crippen LogP contribution is 2.17. The smallest absolute Gasteiger partial charge is 0.250 e.